The first-order valence-corrected chi connectivity index (χ1v) is 5.73. The predicted molar refractivity (Wildman–Crippen MR) is 67.3 cm³/mol. The highest BCUT2D eigenvalue weighted by molar-refractivity contribution is 9.10. The Morgan fingerprint density at radius 3 is 3.00 bits per heavy atom. The van der Waals surface area contributed by atoms with Gasteiger partial charge < -0.3 is 15.2 Å². The number of halogens is 1. The molecule has 2 N–H and O–H groups in total. The summed E-state index contributed by atoms with van der Waals surface area (Å²) in [6.07, 6.45) is 5.15. The van der Waals surface area contributed by atoms with Crippen molar-refractivity contribution in [2.24, 2.45) is 0 Å². The zero-order valence-electron chi connectivity index (χ0n) is 8.87. The molecule has 1 rings (SSSR count). The number of hydrogen-bond donors (Lipinski definition) is 2. The van der Waals surface area contributed by atoms with Crippen molar-refractivity contribution in [1.29, 1.82) is 0 Å². The van der Waals surface area contributed by atoms with Crippen LogP contribution in [0.4, 0.5) is 0 Å². The van der Waals surface area contributed by atoms with E-state index in [2.05, 4.69) is 27.2 Å². The van der Waals surface area contributed by atoms with E-state index in [1.807, 2.05) is 18.2 Å². The fourth-order valence-electron chi connectivity index (χ4n) is 1.25. The van der Waals surface area contributed by atoms with Crippen LogP contribution in [0.1, 0.15) is 5.56 Å². The Morgan fingerprint density at radius 1 is 1.50 bits per heavy atom. The first-order valence-electron chi connectivity index (χ1n) is 4.94. The molecule has 0 unspecified atom stereocenters. The summed E-state index contributed by atoms with van der Waals surface area (Å²) in [4.78, 5) is 0. The number of terminal acetylenes is 1. The molecule has 0 saturated heterocycles. The van der Waals surface area contributed by atoms with Gasteiger partial charge in [0.15, 0.2) is 0 Å². The van der Waals surface area contributed by atoms with Gasteiger partial charge in [-0.3, -0.25) is 0 Å². The second kappa shape index (κ2) is 7.29. The number of rotatable bonds is 6. The van der Waals surface area contributed by atoms with Crippen LogP contribution in [0.15, 0.2) is 22.7 Å². The third-order valence-corrected chi connectivity index (χ3v) is 2.43. The van der Waals surface area contributed by atoms with Crippen molar-refractivity contribution in [2.45, 2.75) is 6.54 Å². The molecule has 0 radical (unpaired) electrons. The van der Waals surface area contributed by atoms with Gasteiger partial charge in [0, 0.05) is 23.1 Å². The van der Waals surface area contributed by atoms with Crippen molar-refractivity contribution in [3.63, 3.8) is 0 Å². The third-order valence-electron chi connectivity index (χ3n) is 1.94. The number of ether oxygens (including phenoxy) is 1. The Morgan fingerprint density at radius 2 is 2.31 bits per heavy atom. The van der Waals surface area contributed by atoms with Gasteiger partial charge in [0.2, 0.25) is 0 Å². The second-order valence-electron chi connectivity index (χ2n) is 3.15. The fourth-order valence-corrected chi connectivity index (χ4v) is 1.66. The van der Waals surface area contributed by atoms with E-state index in [4.69, 9.17) is 16.3 Å². The summed E-state index contributed by atoms with van der Waals surface area (Å²) in [6, 6.07) is 5.75. The zero-order chi connectivity index (χ0) is 11.8. The van der Waals surface area contributed by atoms with Gasteiger partial charge >= 0.3 is 0 Å². The fraction of sp³-hybridized carbons (Fsp3) is 0.333. The molecule has 16 heavy (non-hydrogen) atoms. The molecule has 0 aliphatic carbocycles. The van der Waals surface area contributed by atoms with Crippen LogP contribution in [-0.2, 0) is 6.54 Å². The van der Waals surface area contributed by atoms with E-state index in [-0.39, 0.29) is 13.2 Å². The molecule has 0 aromatic heterocycles. The van der Waals surface area contributed by atoms with E-state index in [1.165, 1.54) is 0 Å². The Bertz CT molecular complexity index is 374. The topological polar surface area (TPSA) is 41.5 Å². The van der Waals surface area contributed by atoms with Crippen molar-refractivity contribution in [3.05, 3.63) is 28.2 Å². The van der Waals surface area contributed by atoms with E-state index in [0.717, 1.165) is 15.8 Å². The lowest BCUT2D eigenvalue weighted by molar-refractivity contribution is 0.291. The normalized spacial score (nSPS) is 9.81. The number of aliphatic hydroxyl groups is 1. The maximum Gasteiger partial charge on any atom is 0.148 e. The van der Waals surface area contributed by atoms with Crippen molar-refractivity contribution < 1.29 is 9.84 Å². The summed E-state index contributed by atoms with van der Waals surface area (Å²) in [5.74, 6) is 3.20. The van der Waals surface area contributed by atoms with E-state index < -0.39 is 0 Å². The maximum atomic E-state index is 8.68. The van der Waals surface area contributed by atoms with Crippen molar-refractivity contribution in [3.8, 4) is 18.1 Å². The number of nitrogens with one attached hydrogen (secondary N) is 1. The molecule has 3 nitrogen and oxygen atoms in total. The van der Waals surface area contributed by atoms with Gasteiger partial charge in [-0.25, -0.2) is 0 Å². The highest BCUT2D eigenvalue weighted by Gasteiger charge is 2.03. The molecule has 0 heterocycles. The minimum absolute atomic E-state index is 0.120. The SMILES string of the molecule is C#CCOc1ccc(Br)cc1CNCCO. The second-order valence-corrected chi connectivity index (χ2v) is 4.06. The molecule has 0 spiro atoms. The lowest BCUT2D eigenvalue weighted by Gasteiger charge is -2.10. The molecular formula is C12H14BrNO2. The average molecular weight is 284 g/mol. The van der Waals surface area contributed by atoms with E-state index >= 15 is 0 Å². The van der Waals surface area contributed by atoms with Crippen LogP contribution in [0.5, 0.6) is 5.75 Å². The van der Waals surface area contributed by atoms with Crippen LogP contribution >= 0.6 is 15.9 Å². The lowest BCUT2D eigenvalue weighted by atomic mass is 10.2. The van der Waals surface area contributed by atoms with Gasteiger partial charge in [-0.05, 0) is 18.2 Å². The van der Waals surface area contributed by atoms with Crippen molar-refractivity contribution in [1.82, 2.24) is 5.32 Å². The smallest absolute Gasteiger partial charge is 0.148 e. The Hall–Kier alpha value is -1.02. The molecule has 0 bridgehead atoms. The summed E-state index contributed by atoms with van der Waals surface area (Å²) >= 11 is 3.40. The van der Waals surface area contributed by atoms with E-state index in [9.17, 15) is 0 Å². The first-order chi connectivity index (χ1) is 7.77. The van der Waals surface area contributed by atoms with Gasteiger partial charge in [0.1, 0.15) is 12.4 Å². The van der Waals surface area contributed by atoms with Crippen LogP contribution in [0, 0.1) is 12.3 Å². The molecule has 0 aliphatic rings. The molecule has 0 aliphatic heterocycles. The summed E-state index contributed by atoms with van der Waals surface area (Å²) in [5, 5.41) is 11.8. The highest BCUT2D eigenvalue weighted by Crippen LogP contribution is 2.23. The van der Waals surface area contributed by atoms with Gasteiger partial charge in [-0.2, -0.15) is 0 Å². The van der Waals surface area contributed by atoms with Gasteiger partial charge in [-0.15, -0.1) is 6.42 Å². The zero-order valence-corrected chi connectivity index (χ0v) is 10.5. The highest BCUT2D eigenvalue weighted by atomic mass is 79.9. The molecule has 1 aromatic carbocycles. The summed E-state index contributed by atoms with van der Waals surface area (Å²) in [6.45, 7) is 1.57. The number of benzene rings is 1. The van der Waals surface area contributed by atoms with Gasteiger partial charge in [0.05, 0.1) is 6.61 Å². The molecule has 4 heteroatoms. The van der Waals surface area contributed by atoms with E-state index in [1.54, 1.807) is 0 Å². The molecule has 0 amide bonds. The number of aliphatic hydroxyl groups excluding tert-OH is 1. The standard InChI is InChI=1S/C12H14BrNO2/c1-2-7-16-12-4-3-11(13)8-10(12)9-14-5-6-15/h1,3-4,8,14-15H,5-7,9H2. The Balaban J connectivity index is 2.69. The van der Waals surface area contributed by atoms with Crippen LogP contribution in [-0.4, -0.2) is 24.9 Å². The predicted octanol–water partition coefficient (Wildman–Crippen LogP) is 1.54. The maximum absolute atomic E-state index is 8.68. The first kappa shape index (κ1) is 13.0. The van der Waals surface area contributed by atoms with Crippen LogP contribution in [0.2, 0.25) is 0 Å². The molecule has 1 aromatic rings. The monoisotopic (exact) mass is 283 g/mol. The van der Waals surface area contributed by atoms with E-state index in [0.29, 0.717) is 13.1 Å². The van der Waals surface area contributed by atoms with Gasteiger partial charge in [0.25, 0.3) is 0 Å². The minimum atomic E-state index is 0.120. The van der Waals surface area contributed by atoms with Crippen molar-refractivity contribution >= 4 is 15.9 Å². The van der Waals surface area contributed by atoms with Crippen molar-refractivity contribution in [2.75, 3.05) is 19.8 Å². The third kappa shape index (κ3) is 4.23. The summed E-state index contributed by atoms with van der Waals surface area (Å²) in [5.41, 5.74) is 1.01. The lowest BCUT2D eigenvalue weighted by Crippen LogP contribution is -2.18. The van der Waals surface area contributed by atoms with Crippen LogP contribution in [0.25, 0.3) is 0 Å². The summed E-state index contributed by atoms with van der Waals surface area (Å²) < 4.78 is 6.40. The number of hydrogen-bond acceptors (Lipinski definition) is 3. The Labute approximate surface area is 104 Å². The average Bonchev–Trinajstić information content (AvgIpc) is 2.28. The largest absolute Gasteiger partial charge is 0.481 e. The van der Waals surface area contributed by atoms with Crippen LogP contribution < -0.4 is 10.1 Å². The molecule has 0 atom stereocenters. The van der Waals surface area contributed by atoms with Gasteiger partial charge in [-0.1, -0.05) is 21.9 Å². The quantitative estimate of drug-likeness (QED) is 0.615. The molecule has 0 fully saturated rings. The summed E-state index contributed by atoms with van der Waals surface area (Å²) in [7, 11) is 0. The molecule has 0 saturated carbocycles. The van der Waals surface area contributed by atoms with Crippen LogP contribution in [0.3, 0.4) is 0 Å². The minimum Gasteiger partial charge on any atom is -0.481 e. The molecular weight excluding hydrogens is 270 g/mol. The Kier molecular flexibility index (Phi) is 5.94. The molecule has 86 valence electrons.